The Hall–Kier alpha value is -1.28. The molecule has 1 heterocycles. The molecule has 0 spiro atoms. The molecular formula is C14H19NO. The van der Waals surface area contributed by atoms with Crippen molar-refractivity contribution in [2.45, 2.75) is 13.3 Å². The third kappa shape index (κ3) is 2.64. The fourth-order valence-corrected chi connectivity index (χ4v) is 2.04. The van der Waals surface area contributed by atoms with Crippen LogP contribution in [-0.4, -0.2) is 31.2 Å². The minimum Gasteiger partial charge on any atom is -0.378 e. The molecule has 86 valence electrons. The molecule has 0 aliphatic carbocycles. The summed E-state index contributed by atoms with van der Waals surface area (Å²) in [7, 11) is 0. The van der Waals surface area contributed by atoms with E-state index in [2.05, 4.69) is 48.2 Å². The average molecular weight is 217 g/mol. The van der Waals surface area contributed by atoms with E-state index in [1.165, 1.54) is 11.3 Å². The van der Waals surface area contributed by atoms with E-state index in [0.717, 1.165) is 32.7 Å². The monoisotopic (exact) mass is 217 g/mol. The van der Waals surface area contributed by atoms with E-state index >= 15 is 0 Å². The van der Waals surface area contributed by atoms with Gasteiger partial charge >= 0.3 is 0 Å². The zero-order chi connectivity index (χ0) is 11.2. The normalized spacial score (nSPS) is 17.6. The second-order valence-electron chi connectivity index (χ2n) is 3.96. The van der Waals surface area contributed by atoms with Crippen molar-refractivity contribution in [1.82, 2.24) is 4.90 Å². The standard InChI is InChI=1S/C14H19NO/c1-2-6-14(13-7-4-3-5-8-13)15-9-11-16-12-10-15/h3-8H,2,9-12H2,1H3/b14-6+. The summed E-state index contributed by atoms with van der Waals surface area (Å²) in [4.78, 5) is 2.42. The predicted molar refractivity (Wildman–Crippen MR) is 67.1 cm³/mol. The van der Waals surface area contributed by atoms with Crippen molar-refractivity contribution in [2.75, 3.05) is 26.3 Å². The van der Waals surface area contributed by atoms with Crippen LogP contribution in [0.15, 0.2) is 36.4 Å². The molecule has 0 saturated carbocycles. The van der Waals surface area contributed by atoms with E-state index in [9.17, 15) is 0 Å². The molecule has 1 aromatic carbocycles. The average Bonchev–Trinajstić information content (AvgIpc) is 2.38. The second-order valence-corrected chi connectivity index (χ2v) is 3.96. The van der Waals surface area contributed by atoms with Crippen molar-refractivity contribution >= 4 is 5.70 Å². The summed E-state index contributed by atoms with van der Waals surface area (Å²) >= 11 is 0. The lowest BCUT2D eigenvalue weighted by Gasteiger charge is -2.31. The first kappa shape index (κ1) is 11.2. The highest BCUT2D eigenvalue weighted by Gasteiger charge is 2.14. The molecule has 0 N–H and O–H groups in total. The maximum Gasteiger partial charge on any atom is 0.0642 e. The topological polar surface area (TPSA) is 12.5 Å². The SMILES string of the molecule is CC/C=C(\c1ccccc1)N1CCOCC1. The molecule has 1 aliphatic heterocycles. The minimum atomic E-state index is 0.841. The van der Waals surface area contributed by atoms with Gasteiger partial charge in [0, 0.05) is 18.8 Å². The predicted octanol–water partition coefficient (Wildman–Crippen LogP) is 2.77. The molecule has 2 nitrogen and oxygen atoms in total. The molecule has 2 rings (SSSR count). The Balaban J connectivity index is 2.20. The molecule has 0 amide bonds. The van der Waals surface area contributed by atoms with Crippen LogP contribution in [0.2, 0.25) is 0 Å². The summed E-state index contributed by atoms with van der Waals surface area (Å²) in [6.07, 6.45) is 3.38. The highest BCUT2D eigenvalue weighted by Crippen LogP contribution is 2.20. The molecule has 0 aromatic heterocycles. The molecule has 0 unspecified atom stereocenters. The Morgan fingerprint density at radius 1 is 1.25 bits per heavy atom. The molecule has 1 aromatic rings. The van der Waals surface area contributed by atoms with E-state index < -0.39 is 0 Å². The minimum absolute atomic E-state index is 0.841. The van der Waals surface area contributed by atoms with Crippen molar-refractivity contribution in [3.63, 3.8) is 0 Å². The lowest BCUT2D eigenvalue weighted by molar-refractivity contribution is 0.0639. The number of hydrogen-bond donors (Lipinski definition) is 0. The van der Waals surface area contributed by atoms with Crippen LogP contribution in [0.1, 0.15) is 18.9 Å². The summed E-state index contributed by atoms with van der Waals surface area (Å²) in [5.74, 6) is 0. The van der Waals surface area contributed by atoms with Crippen molar-refractivity contribution in [2.24, 2.45) is 0 Å². The van der Waals surface area contributed by atoms with Gasteiger partial charge in [0.05, 0.1) is 13.2 Å². The van der Waals surface area contributed by atoms with E-state index in [0.29, 0.717) is 0 Å². The number of ether oxygens (including phenoxy) is 1. The zero-order valence-corrected chi connectivity index (χ0v) is 9.86. The molecule has 0 atom stereocenters. The highest BCUT2D eigenvalue weighted by atomic mass is 16.5. The van der Waals surface area contributed by atoms with E-state index in [1.807, 2.05) is 0 Å². The third-order valence-corrected chi connectivity index (χ3v) is 2.82. The molecule has 2 heteroatoms. The van der Waals surface area contributed by atoms with Gasteiger partial charge in [0.15, 0.2) is 0 Å². The summed E-state index contributed by atoms with van der Waals surface area (Å²) in [6.45, 7) is 5.87. The van der Waals surface area contributed by atoms with E-state index in [-0.39, 0.29) is 0 Å². The van der Waals surface area contributed by atoms with Gasteiger partial charge in [-0.3, -0.25) is 0 Å². The first-order chi connectivity index (χ1) is 7.92. The van der Waals surface area contributed by atoms with Gasteiger partial charge < -0.3 is 9.64 Å². The van der Waals surface area contributed by atoms with Gasteiger partial charge in [-0.15, -0.1) is 0 Å². The van der Waals surface area contributed by atoms with Crippen LogP contribution in [0.5, 0.6) is 0 Å². The highest BCUT2D eigenvalue weighted by molar-refractivity contribution is 5.64. The summed E-state index contributed by atoms with van der Waals surface area (Å²) in [5, 5.41) is 0. The first-order valence-corrected chi connectivity index (χ1v) is 6.00. The van der Waals surface area contributed by atoms with E-state index in [4.69, 9.17) is 4.74 Å². The Bertz CT molecular complexity index is 339. The van der Waals surface area contributed by atoms with Gasteiger partial charge in [0.25, 0.3) is 0 Å². The Morgan fingerprint density at radius 3 is 2.56 bits per heavy atom. The number of allylic oxidation sites excluding steroid dienone is 1. The van der Waals surface area contributed by atoms with Crippen molar-refractivity contribution in [3.05, 3.63) is 42.0 Å². The van der Waals surface area contributed by atoms with Crippen LogP contribution in [-0.2, 0) is 4.74 Å². The maximum absolute atomic E-state index is 5.39. The largest absolute Gasteiger partial charge is 0.378 e. The van der Waals surface area contributed by atoms with Crippen LogP contribution in [0, 0.1) is 0 Å². The molecule has 1 fully saturated rings. The smallest absolute Gasteiger partial charge is 0.0642 e. The van der Waals surface area contributed by atoms with Crippen LogP contribution >= 0.6 is 0 Å². The lowest BCUT2D eigenvalue weighted by atomic mass is 10.1. The van der Waals surface area contributed by atoms with Crippen LogP contribution in [0.3, 0.4) is 0 Å². The van der Waals surface area contributed by atoms with Crippen molar-refractivity contribution in [1.29, 1.82) is 0 Å². The molecule has 0 radical (unpaired) electrons. The van der Waals surface area contributed by atoms with Gasteiger partial charge in [0.1, 0.15) is 0 Å². The van der Waals surface area contributed by atoms with E-state index in [1.54, 1.807) is 0 Å². The second kappa shape index (κ2) is 5.71. The third-order valence-electron chi connectivity index (χ3n) is 2.82. The fourth-order valence-electron chi connectivity index (χ4n) is 2.04. The number of rotatable bonds is 3. The van der Waals surface area contributed by atoms with Gasteiger partial charge in [-0.25, -0.2) is 0 Å². The van der Waals surface area contributed by atoms with Crippen molar-refractivity contribution in [3.8, 4) is 0 Å². The quantitative estimate of drug-likeness (QED) is 0.772. The summed E-state index contributed by atoms with van der Waals surface area (Å²) in [6, 6.07) is 10.6. The van der Waals surface area contributed by atoms with Gasteiger partial charge in [0.2, 0.25) is 0 Å². The zero-order valence-electron chi connectivity index (χ0n) is 9.86. The summed E-state index contributed by atoms with van der Waals surface area (Å²) in [5.41, 5.74) is 2.66. The first-order valence-electron chi connectivity index (χ1n) is 6.00. The number of hydrogen-bond acceptors (Lipinski definition) is 2. The molecule has 1 aliphatic rings. The number of nitrogens with zero attached hydrogens (tertiary/aromatic N) is 1. The molecule has 1 saturated heterocycles. The lowest BCUT2D eigenvalue weighted by Crippen LogP contribution is -2.34. The van der Waals surface area contributed by atoms with Crippen molar-refractivity contribution < 1.29 is 4.74 Å². The fraction of sp³-hybridized carbons (Fsp3) is 0.429. The Kier molecular flexibility index (Phi) is 4.00. The molecular weight excluding hydrogens is 198 g/mol. The number of benzene rings is 1. The van der Waals surface area contributed by atoms with Crippen LogP contribution < -0.4 is 0 Å². The molecule has 0 bridgehead atoms. The van der Waals surface area contributed by atoms with Gasteiger partial charge in [-0.05, 0) is 12.0 Å². The number of morpholine rings is 1. The maximum atomic E-state index is 5.39. The van der Waals surface area contributed by atoms with Gasteiger partial charge in [-0.1, -0.05) is 43.3 Å². The van der Waals surface area contributed by atoms with Crippen LogP contribution in [0.4, 0.5) is 0 Å². The van der Waals surface area contributed by atoms with Gasteiger partial charge in [-0.2, -0.15) is 0 Å². The Labute approximate surface area is 97.5 Å². The molecule has 16 heavy (non-hydrogen) atoms. The van der Waals surface area contributed by atoms with Crippen LogP contribution in [0.25, 0.3) is 5.70 Å². The summed E-state index contributed by atoms with van der Waals surface area (Å²) < 4.78 is 5.39. The Morgan fingerprint density at radius 2 is 1.94 bits per heavy atom.